The Morgan fingerprint density at radius 2 is 1.32 bits per heavy atom. The second kappa shape index (κ2) is 9.78. The van der Waals surface area contributed by atoms with Gasteiger partial charge in [-0.05, 0) is 42.0 Å². The second-order valence-corrected chi connectivity index (χ2v) is 6.01. The van der Waals surface area contributed by atoms with E-state index in [0.717, 1.165) is 11.3 Å². The zero-order valence-corrected chi connectivity index (χ0v) is 15.2. The fourth-order valence-electron chi connectivity index (χ4n) is 2.44. The molecule has 0 fully saturated rings. The molecule has 0 heterocycles. The summed E-state index contributed by atoms with van der Waals surface area (Å²) in [6, 6.07) is 25.6. The van der Waals surface area contributed by atoms with E-state index in [0.29, 0.717) is 18.0 Å². The van der Waals surface area contributed by atoms with Gasteiger partial charge >= 0.3 is 6.03 Å². The topological polar surface area (TPSA) is 79.5 Å². The summed E-state index contributed by atoms with van der Waals surface area (Å²) in [5.41, 5.74) is 1.61. The molecule has 142 valence electrons. The first-order chi connectivity index (χ1) is 13.7. The SMILES string of the molecule is O=C(CNC(=O)NCc1ccccc1)Nc1ccc(Oc2ccccc2)cc1. The van der Waals surface area contributed by atoms with Crippen LogP contribution in [0.2, 0.25) is 0 Å². The van der Waals surface area contributed by atoms with Crippen molar-refractivity contribution in [2.75, 3.05) is 11.9 Å². The molecule has 6 nitrogen and oxygen atoms in total. The van der Waals surface area contributed by atoms with E-state index in [-0.39, 0.29) is 12.5 Å². The van der Waals surface area contributed by atoms with Crippen molar-refractivity contribution in [1.29, 1.82) is 0 Å². The zero-order valence-electron chi connectivity index (χ0n) is 15.2. The molecule has 0 aliphatic heterocycles. The molecule has 0 spiro atoms. The van der Waals surface area contributed by atoms with Gasteiger partial charge in [-0.2, -0.15) is 0 Å². The highest BCUT2D eigenvalue weighted by Crippen LogP contribution is 2.22. The third-order valence-corrected chi connectivity index (χ3v) is 3.82. The minimum atomic E-state index is -0.398. The molecule has 0 unspecified atom stereocenters. The van der Waals surface area contributed by atoms with Crippen molar-refractivity contribution in [3.05, 3.63) is 90.5 Å². The van der Waals surface area contributed by atoms with Crippen molar-refractivity contribution in [2.24, 2.45) is 0 Å². The lowest BCUT2D eigenvalue weighted by molar-refractivity contribution is -0.115. The van der Waals surface area contributed by atoms with E-state index in [9.17, 15) is 9.59 Å². The van der Waals surface area contributed by atoms with Crippen molar-refractivity contribution < 1.29 is 14.3 Å². The van der Waals surface area contributed by atoms with Crippen molar-refractivity contribution in [1.82, 2.24) is 10.6 Å². The van der Waals surface area contributed by atoms with Gasteiger partial charge in [0.15, 0.2) is 0 Å². The molecule has 0 aromatic heterocycles. The molecule has 3 aromatic carbocycles. The van der Waals surface area contributed by atoms with Crippen LogP contribution in [-0.2, 0) is 11.3 Å². The van der Waals surface area contributed by atoms with Crippen molar-refractivity contribution in [3.63, 3.8) is 0 Å². The summed E-state index contributed by atoms with van der Waals surface area (Å²) in [7, 11) is 0. The highest BCUT2D eigenvalue weighted by atomic mass is 16.5. The quantitative estimate of drug-likeness (QED) is 0.586. The Hall–Kier alpha value is -3.80. The number of amides is 3. The molecule has 0 radical (unpaired) electrons. The van der Waals surface area contributed by atoms with Crippen LogP contribution in [0.25, 0.3) is 0 Å². The molecular formula is C22H21N3O3. The number of anilines is 1. The van der Waals surface area contributed by atoms with Gasteiger partial charge in [0.25, 0.3) is 0 Å². The predicted molar refractivity (Wildman–Crippen MR) is 108 cm³/mol. The third-order valence-electron chi connectivity index (χ3n) is 3.82. The fourth-order valence-corrected chi connectivity index (χ4v) is 2.44. The number of hydrogen-bond donors (Lipinski definition) is 3. The van der Waals surface area contributed by atoms with Crippen LogP contribution in [0.1, 0.15) is 5.56 Å². The van der Waals surface area contributed by atoms with E-state index in [1.807, 2.05) is 60.7 Å². The highest BCUT2D eigenvalue weighted by Gasteiger charge is 2.06. The first-order valence-electron chi connectivity index (χ1n) is 8.87. The molecule has 0 aliphatic rings. The van der Waals surface area contributed by atoms with Crippen LogP contribution >= 0.6 is 0 Å². The Bertz CT molecular complexity index is 897. The first-order valence-corrected chi connectivity index (χ1v) is 8.87. The number of ether oxygens (including phenoxy) is 1. The third kappa shape index (κ3) is 6.17. The molecule has 3 amide bonds. The number of rotatable bonds is 7. The number of hydrogen-bond acceptors (Lipinski definition) is 3. The van der Waals surface area contributed by atoms with Crippen LogP contribution in [0.3, 0.4) is 0 Å². The first kappa shape index (κ1) is 19.0. The Kier molecular flexibility index (Phi) is 6.62. The molecule has 0 saturated heterocycles. The maximum absolute atomic E-state index is 12.0. The lowest BCUT2D eigenvalue weighted by atomic mass is 10.2. The molecule has 0 bridgehead atoms. The van der Waals surface area contributed by atoms with Crippen LogP contribution < -0.4 is 20.7 Å². The van der Waals surface area contributed by atoms with E-state index < -0.39 is 6.03 Å². The summed E-state index contributed by atoms with van der Waals surface area (Å²) in [6.45, 7) is 0.278. The van der Waals surface area contributed by atoms with E-state index in [4.69, 9.17) is 4.74 Å². The molecule has 3 N–H and O–H groups in total. The maximum atomic E-state index is 12.0. The fraction of sp³-hybridized carbons (Fsp3) is 0.0909. The van der Waals surface area contributed by atoms with E-state index in [2.05, 4.69) is 16.0 Å². The van der Waals surface area contributed by atoms with Crippen LogP contribution in [-0.4, -0.2) is 18.5 Å². The van der Waals surface area contributed by atoms with Crippen LogP contribution in [0.4, 0.5) is 10.5 Å². The number of nitrogens with one attached hydrogen (secondary N) is 3. The zero-order chi connectivity index (χ0) is 19.6. The van der Waals surface area contributed by atoms with Gasteiger partial charge in [0.2, 0.25) is 5.91 Å². The Morgan fingerprint density at radius 3 is 2.00 bits per heavy atom. The summed E-state index contributed by atoms with van der Waals surface area (Å²) < 4.78 is 5.70. The predicted octanol–water partition coefficient (Wildman–Crippen LogP) is 3.92. The minimum absolute atomic E-state index is 0.122. The van der Waals surface area contributed by atoms with E-state index >= 15 is 0 Å². The largest absolute Gasteiger partial charge is 0.457 e. The molecule has 0 aliphatic carbocycles. The minimum Gasteiger partial charge on any atom is -0.457 e. The summed E-state index contributed by atoms with van der Waals surface area (Å²) in [4.78, 5) is 23.8. The summed E-state index contributed by atoms with van der Waals surface area (Å²) in [5.74, 6) is 1.10. The van der Waals surface area contributed by atoms with Gasteiger partial charge in [-0.15, -0.1) is 0 Å². The number of carbonyl (C=O) groups is 2. The van der Waals surface area contributed by atoms with Gasteiger partial charge in [0, 0.05) is 12.2 Å². The second-order valence-electron chi connectivity index (χ2n) is 6.01. The maximum Gasteiger partial charge on any atom is 0.315 e. The summed E-state index contributed by atoms with van der Waals surface area (Å²) in [6.07, 6.45) is 0. The van der Waals surface area contributed by atoms with Gasteiger partial charge in [-0.1, -0.05) is 48.5 Å². The number of benzene rings is 3. The summed E-state index contributed by atoms with van der Waals surface area (Å²) in [5, 5.41) is 7.96. The standard InChI is InChI=1S/C22H21N3O3/c26-21(16-24-22(27)23-15-17-7-3-1-4-8-17)25-18-11-13-20(14-12-18)28-19-9-5-2-6-10-19/h1-14H,15-16H2,(H,25,26)(H2,23,24,27). The smallest absolute Gasteiger partial charge is 0.315 e. The Labute approximate surface area is 163 Å². The lowest BCUT2D eigenvalue weighted by Crippen LogP contribution is -2.39. The van der Waals surface area contributed by atoms with Crippen molar-refractivity contribution in [2.45, 2.75) is 6.54 Å². The number of urea groups is 1. The van der Waals surface area contributed by atoms with Crippen molar-refractivity contribution in [3.8, 4) is 11.5 Å². The van der Waals surface area contributed by atoms with Crippen molar-refractivity contribution >= 4 is 17.6 Å². The van der Waals surface area contributed by atoms with E-state index in [1.54, 1.807) is 24.3 Å². The Balaban J connectivity index is 1.40. The van der Waals surface area contributed by atoms with Crippen LogP contribution in [0.5, 0.6) is 11.5 Å². The van der Waals surface area contributed by atoms with Gasteiger partial charge in [0.05, 0.1) is 6.54 Å². The normalized spacial score (nSPS) is 10.0. The van der Waals surface area contributed by atoms with Crippen LogP contribution in [0, 0.1) is 0 Å². The molecule has 6 heteroatoms. The average Bonchev–Trinajstić information content (AvgIpc) is 2.74. The van der Waals surface area contributed by atoms with Gasteiger partial charge < -0.3 is 20.7 Å². The average molecular weight is 375 g/mol. The highest BCUT2D eigenvalue weighted by molar-refractivity contribution is 5.94. The number of carbonyl (C=O) groups excluding carboxylic acids is 2. The van der Waals surface area contributed by atoms with Gasteiger partial charge in [0.1, 0.15) is 11.5 Å². The van der Waals surface area contributed by atoms with Gasteiger partial charge in [-0.25, -0.2) is 4.79 Å². The molecule has 0 atom stereocenters. The molecule has 28 heavy (non-hydrogen) atoms. The lowest BCUT2D eigenvalue weighted by Gasteiger charge is -2.09. The molecular weight excluding hydrogens is 354 g/mol. The molecule has 3 rings (SSSR count). The monoisotopic (exact) mass is 375 g/mol. The van der Waals surface area contributed by atoms with Crippen LogP contribution in [0.15, 0.2) is 84.9 Å². The van der Waals surface area contributed by atoms with Gasteiger partial charge in [-0.3, -0.25) is 4.79 Å². The molecule has 3 aromatic rings. The number of para-hydroxylation sites is 1. The van der Waals surface area contributed by atoms with E-state index in [1.165, 1.54) is 0 Å². The Morgan fingerprint density at radius 1 is 0.714 bits per heavy atom. The molecule has 0 saturated carbocycles. The summed E-state index contributed by atoms with van der Waals surface area (Å²) >= 11 is 0.